The maximum atomic E-state index is 12.3. The van der Waals surface area contributed by atoms with Crippen LogP contribution < -0.4 is 10.2 Å². The number of nitrogens with one attached hydrogen (secondary N) is 1. The van der Waals surface area contributed by atoms with Crippen LogP contribution in [0.2, 0.25) is 0 Å². The summed E-state index contributed by atoms with van der Waals surface area (Å²) in [6, 6.07) is 3.61. The molecule has 0 aliphatic heterocycles. The van der Waals surface area contributed by atoms with E-state index in [9.17, 15) is 18.0 Å². The second-order valence-electron chi connectivity index (χ2n) is 6.28. The maximum absolute atomic E-state index is 12.3. The van der Waals surface area contributed by atoms with Crippen molar-refractivity contribution < 1.29 is 22.5 Å². The van der Waals surface area contributed by atoms with Crippen molar-refractivity contribution in [2.24, 2.45) is 0 Å². The molecule has 10 heteroatoms. The summed E-state index contributed by atoms with van der Waals surface area (Å²) >= 11 is 0. The van der Waals surface area contributed by atoms with Crippen molar-refractivity contribution in [3.8, 4) is 0 Å². The predicted octanol–water partition coefficient (Wildman–Crippen LogP) is 3.68. The highest BCUT2D eigenvalue weighted by Crippen LogP contribution is 2.27. The van der Waals surface area contributed by atoms with Crippen molar-refractivity contribution in [3.05, 3.63) is 30.0 Å². The minimum atomic E-state index is -4.61. The lowest BCUT2D eigenvalue weighted by atomic mass is 10.1. The van der Waals surface area contributed by atoms with Gasteiger partial charge in [0.1, 0.15) is 5.82 Å². The van der Waals surface area contributed by atoms with E-state index in [1.165, 1.54) is 0 Å². The molecule has 0 bridgehead atoms. The summed E-state index contributed by atoms with van der Waals surface area (Å²) in [5.41, 5.74) is 0.642. The lowest BCUT2D eigenvalue weighted by Crippen LogP contribution is -2.13. The zero-order valence-corrected chi connectivity index (χ0v) is 15.2. The third-order valence-electron chi connectivity index (χ3n) is 3.75. The number of carbonyl (C=O) groups is 1. The molecule has 0 unspecified atom stereocenters. The van der Waals surface area contributed by atoms with Crippen LogP contribution >= 0.6 is 0 Å². The quantitative estimate of drug-likeness (QED) is 0.663. The summed E-state index contributed by atoms with van der Waals surface area (Å²) in [5.74, 6) is -0.560. The van der Waals surface area contributed by atoms with Crippen molar-refractivity contribution in [1.29, 1.82) is 0 Å². The van der Waals surface area contributed by atoms with Crippen LogP contribution in [0.5, 0.6) is 0 Å². The van der Waals surface area contributed by atoms with Gasteiger partial charge in [-0.2, -0.15) is 18.2 Å². The number of amides is 1. The number of aryl methyl sites for hydroxylation is 1. The van der Waals surface area contributed by atoms with E-state index in [1.54, 1.807) is 12.3 Å². The Morgan fingerprint density at radius 2 is 1.93 bits per heavy atom. The van der Waals surface area contributed by atoms with Crippen molar-refractivity contribution in [1.82, 2.24) is 15.1 Å². The first-order valence-electron chi connectivity index (χ1n) is 8.58. The molecule has 0 aliphatic rings. The Bertz CT molecular complexity index is 729. The second-order valence-corrected chi connectivity index (χ2v) is 6.28. The van der Waals surface area contributed by atoms with E-state index < -0.39 is 12.1 Å². The number of halogens is 3. The van der Waals surface area contributed by atoms with E-state index in [4.69, 9.17) is 0 Å². The first-order chi connectivity index (χ1) is 12.8. The molecule has 1 amide bonds. The van der Waals surface area contributed by atoms with Gasteiger partial charge in [-0.1, -0.05) is 18.0 Å². The minimum absolute atomic E-state index is 0.0498. The molecule has 1 N–H and O–H groups in total. The maximum Gasteiger partial charge on any atom is 0.471 e. The molecule has 2 aromatic rings. The Kier molecular flexibility index (Phi) is 7.14. The van der Waals surface area contributed by atoms with Gasteiger partial charge in [-0.3, -0.25) is 4.79 Å². The van der Waals surface area contributed by atoms with E-state index in [-0.39, 0.29) is 11.7 Å². The van der Waals surface area contributed by atoms with Crippen molar-refractivity contribution in [2.75, 3.05) is 24.3 Å². The van der Waals surface area contributed by atoms with Gasteiger partial charge in [-0.25, -0.2) is 4.98 Å². The summed E-state index contributed by atoms with van der Waals surface area (Å²) in [5, 5.41) is 6.10. The molecule has 27 heavy (non-hydrogen) atoms. The molecular weight excluding hydrogens is 363 g/mol. The SMILES string of the molecule is CN(C)c1ccc(NC(=O)CCCCCCc2noc(C(F)(F)F)n2)cn1. The largest absolute Gasteiger partial charge is 0.471 e. The number of aromatic nitrogens is 3. The first-order valence-corrected chi connectivity index (χ1v) is 8.58. The molecule has 0 radical (unpaired) electrons. The lowest BCUT2D eigenvalue weighted by molar-refractivity contribution is -0.159. The number of alkyl halides is 3. The van der Waals surface area contributed by atoms with Crippen molar-refractivity contribution in [3.63, 3.8) is 0 Å². The molecule has 0 atom stereocenters. The van der Waals surface area contributed by atoms with Gasteiger partial charge in [-0.15, -0.1) is 0 Å². The monoisotopic (exact) mass is 385 g/mol. The molecule has 148 valence electrons. The van der Waals surface area contributed by atoms with Crippen molar-refractivity contribution >= 4 is 17.4 Å². The fraction of sp³-hybridized carbons (Fsp3) is 0.529. The molecule has 0 saturated heterocycles. The second kappa shape index (κ2) is 9.33. The average molecular weight is 385 g/mol. The molecular formula is C17H22F3N5O2. The van der Waals surface area contributed by atoms with Gasteiger partial charge < -0.3 is 14.7 Å². The number of hydrogen-bond donors (Lipinski definition) is 1. The van der Waals surface area contributed by atoms with Gasteiger partial charge in [0, 0.05) is 26.9 Å². The number of unbranched alkanes of at least 4 members (excludes halogenated alkanes) is 3. The molecule has 0 spiro atoms. The predicted molar refractivity (Wildman–Crippen MR) is 93.3 cm³/mol. The van der Waals surface area contributed by atoms with Gasteiger partial charge in [0.15, 0.2) is 5.82 Å². The molecule has 0 aromatic carbocycles. The summed E-state index contributed by atoms with van der Waals surface area (Å²) in [7, 11) is 3.77. The average Bonchev–Trinajstić information content (AvgIpc) is 3.07. The van der Waals surface area contributed by atoms with E-state index in [0.717, 1.165) is 18.7 Å². The zero-order chi connectivity index (χ0) is 19.9. The van der Waals surface area contributed by atoms with E-state index in [1.807, 2.05) is 25.1 Å². The van der Waals surface area contributed by atoms with Gasteiger partial charge >= 0.3 is 12.1 Å². The van der Waals surface area contributed by atoms with Crippen LogP contribution in [0.15, 0.2) is 22.9 Å². The molecule has 0 fully saturated rings. The fourth-order valence-electron chi connectivity index (χ4n) is 2.34. The molecule has 2 aromatic heterocycles. The normalized spacial score (nSPS) is 11.4. The van der Waals surface area contributed by atoms with Gasteiger partial charge in [-0.05, 0) is 25.0 Å². The molecule has 2 rings (SSSR count). The van der Waals surface area contributed by atoms with Gasteiger partial charge in [0.2, 0.25) is 5.91 Å². The summed E-state index contributed by atoms with van der Waals surface area (Å²) < 4.78 is 41.2. The van der Waals surface area contributed by atoms with Crippen LogP contribution in [0.3, 0.4) is 0 Å². The summed E-state index contributed by atoms with van der Waals surface area (Å²) in [6.07, 6.45) is 0.556. The Balaban J connectivity index is 1.59. The number of anilines is 2. The lowest BCUT2D eigenvalue weighted by Gasteiger charge is -2.11. The number of hydrogen-bond acceptors (Lipinski definition) is 6. The Morgan fingerprint density at radius 1 is 1.19 bits per heavy atom. The standard InChI is InChI=1S/C17H22F3N5O2/c1-25(2)14-10-9-12(11-21-14)22-15(26)8-6-4-3-5-7-13-23-16(27-24-13)17(18,19)20/h9-11H,3-8H2,1-2H3,(H,22,26). The van der Waals surface area contributed by atoms with E-state index in [2.05, 4.69) is 25.0 Å². The van der Waals surface area contributed by atoms with Gasteiger partial charge in [0.25, 0.3) is 0 Å². The minimum Gasteiger partial charge on any atom is -0.363 e. The number of carbonyl (C=O) groups excluding carboxylic acids is 1. The number of rotatable bonds is 9. The zero-order valence-electron chi connectivity index (χ0n) is 15.2. The van der Waals surface area contributed by atoms with Crippen LogP contribution in [-0.2, 0) is 17.4 Å². The molecule has 0 aliphatic carbocycles. The van der Waals surface area contributed by atoms with Gasteiger partial charge in [0.05, 0.1) is 11.9 Å². The topological polar surface area (TPSA) is 84.2 Å². The highest BCUT2D eigenvalue weighted by molar-refractivity contribution is 5.90. The number of nitrogens with zero attached hydrogens (tertiary/aromatic N) is 4. The highest BCUT2D eigenvalue weighted by Gasteiger charge is 2.38. The first kappa shape index (κ1) is 20.7. The summed E-state index contributed by atoms with van der Waals surface area (Å²) in [6.45, 7) is 0. The Morgan fingerprint density at radius 3 is 2.52 bits per heavy atom. The molecule has 0 saturated carbocycles. The third-order valence-corrected chi connectivity index (χ3v) is 3.75. The smallest absolute Gasteiger partial charge is 0.363 e. The fourth-order valence-corrected chi connectivity index (χ4v) is 2.34. The van der Waals surface area contributed by atoms with Crippen molar-refractivity contribution in [2.45, 2.75) is 44.7 Å². The molecule has 2 heterocycles. The third kappa shape index (κ3) is 6.87. The Hall–Kier alpha value is -2.65. The van der Waals surface area contributed by atoms with Crippen LogP contribution in [-0.4, -0.2) is 35.1 Å². The number of pyridine rings is 1. The van der Waals surface area contributed by atoms with Crippen LogP contribution in [0.4, 0.5) is 24.7 Å². The van der Waals surface area contributed by atoms with E-state index in [0.29, 0.717) is 31.4 Å². The van der Waals surface area contributed by atoms with E-state index >= 15 is 0 Å². The van der Waals surface area contributed by atoms with Crippen LogP contribution in [0, 0.1) is 0 Å². The Labute approximate surface area is 155 Å². The van der Waals surface area contributed by atoms with Crippen LogP contribution in [0.25, 0.3) is 0 Å². The summed E-state index contributed by atoms with van der Waals surface area (Å²) in [4.78, 5) is 21.3. The molecule has 7 nitrogen and oxygen atoms in total. The van der Waals surface area contributed by atoms with Crippen LogP contribution in [0.1, 0.15) is 43.8 Å². The highest BCUT2D eigenvalue weighted by atomic mass is 19.4.